The molecule has 0 spiro atoms. The van der Waals surface area contributed by atoms with E-state index < -0.39 is 0 Å². The van der Waals surface area contributed by atoms with Crippen LogP contribution in [-0.2, 0) is 20.0 Å². The van der Waals surface area contributed by atoms with Crippen LogP contribution in [0.15, 0.2) is 30.5 Å². The Hall–Kier alpha value is -1.61. The third-order valence-corrected chi connectivity index (χ3v) is 3.06. The SMILES string of the molecule is CCc1ccc(-c2ncc(CNC)n2C)cc1. The predicted molar refractivity (Wildman–Crippen MR) is 70.8 cm³/mol. The number of hydrogen-bond donors (Lipinski definition) is 1. The van der Waals surface area contributed by atoms with Gasteiger partial charge in [-0.1, -0.05) is 31.2 Å². The molecule has 1 N–H and O–H groups in total. The molecular weight excluding hydrogens is 210 g/mol. The van der Waals surface area contributed by atoms with Gasteiger partial charge < -0.3 is 9.88 Å². The fourth-order valence-corrected chi connectivity index (χ4v) is 1.95. The maximum absolute atomic E-state index is 4.48. The van der Waals surface area contributed by atoms with Crippen molar-refractivity contribution in [3.05, 3.63) is 41.7 Å². The highest BCUT2D eigenvalue weighted by molar-refractivity contribution is 5.56. The van der Waals surface area contributed by atoms with Crippen LogP contribution in [0, 0.1) is 0 Å². The lowest BCUT2D eigenvalue weighted by Gasteiger charge is -2.06. The third kappa shape index (κ3) is 2.39. The summed E-state index contributed by atoms with van der Waals surface area (Å²) in [5, 5.41) is 3.15. The summed E-state index contributed by atoms with van der Waals surface area (Å²) in [6.45, 7) is 3.01. The minimum absolute atomic E-state index is 0.844. The molecule has 0 unspecified atom stereocenters. The third-order valence-electron chi connectivity index (χ3n) is 3.06. The summed E-state index contributed by atoms with van der Waals surface area (Å²) >= 11 is 0. The van der Waals surface area contributed by atoms with Crippen LogP contribution in [0.5, 0.6) is 0 Å². The highest BCUT2D eigenvalue weighted by Crippen LogP contribution is 2.19. The van der Waals surface area contributed by atoms with Gasteiger partial charge in [0.25, 0.3) is 0 Å². The first kappa shape index (κ1) is 11.9. The Morgan fingerprint density at radius 1 is 1.24 bits per heavy atom. The lowest BCUT2D eigenvalue weighted by molar-refractivity contribution is 0.737. The van der Waals surface area contributed by atoms with Gasteiger partial charge >= 0.3 is 0 Å². The molecule has 0 bridgehead atoms. The summed E-state index contributed by atoms with van der Waals surface area (Å²) in [4.78, 5) is 4.48. The van der Waals surface area contributed by atoms with Gasteiger partial charge in [0.2, 0.25) is 0 Å². The second-order valence-corrected chi connectivity index (χ2v) is 4.21. The molecule has 17 heavy (non-hydrogen) atoms. The van der Waals surface area contributed by atoms with E-state index >= 15 is 0 Å². The first-order chi connectivity index (χ1) is 8.26. The summed E-state index contributed by atoms with van der Waals surface area (Å²) < 4.78 is 2.14. The van der Waals surface area contributed by atoms with Crippen molar-refractivity contribution in [1.29, 1.82) is 0 Å². The average Bonchev–Trinajstić information content (AvgIpc) is 2.72. The Labute approximate surface area is 103 Å². The summed E-state index contributed by atoms with van der Waals surface area (Å²) in [6, 6.07) is 8.62. The van der Waals surface area contributed by atoms with E-state index in [9.17, 15) is 0 Å². The van der Waals surface area contributed by atoms with Crippen LogP contribution < -0.4 is 5.32 Å². The fraction of sp³-hybridized carbons (Fsp3) is 0.357. The highest BCUT2D eigenvalue weighted by atomic mass is 15.1. The van der Waals surface area contributed by atoms with E-state index in [0.717, 1.165) is 18.8 Å². The number of rotatable bonds is 4. The maximum Gasteiger partial charge on any atom is 0.139 e. The van der Waals surface area contributed by atoms with Crippen LogP contribution in [0.2, 0.25) is 0 Å². The zero-order chi connectivity index (χ0) is 12.3. The predicted octanol–water partition coefficient (Wildman–Crippen LogP) is 2.37. The first-order valence-electron chi connectivity index (χ1n) is 6.00. The van der Waals surface area contributed by atoms with Crippen LogP contribution in [-0.4, -0.2) is 16.6 Å². The summed E-state index contributed by atoms with van der Waals surface area (Å²) in [5.41, 5.74) is 3.73. The highest BCUT2D eigenvalue weighted by Gasteiger charge is 2.07. The smallest absolute Gasteiger partial charge is 0.139 e. The molecule has 1 aromatic carbocycles. The monoisotopic (exact) mass is 229 g/mol. The molecule has 3 nitrogen and oxygen atoms in total. The Balaban J connectivity index is 2.32. The molecule has 0 saturated heterocycles. The molecule has 1 heterocycles. The zero-order valence-electron chi connectivity index (χ0n) is 10.7. The molecule has 0 aliphatic carbocycles. The van der Waals surface area contributed by atoms with E-state index in [1.165, 1.54) is 16.8 Å². The molecule has 0 aliphatic rings. The minimum Gasteiger partial charge on any atom is -0.330 e. The average molecular weight is 229 g/mol. The van der Waals surface area contributed by atoms with Crippen LogP contribution in [0.1, 0.15) is 18.2 Å². The van der Waals surface area contributed by atoms with Crippen molar-refractivity contribution in [2.24, 2.45) is 7.05 Å². The van der Waals surface area contributed by atoms with E-state index in [2.05, 4.69) is 53.1 Å². The van der Waals surface area contributed by atoms with Gasteiger partial charge in [-0.25, -0.2) is 4.98 Å². The Morgan fingerprint density at radius 2 is 1.94 bits per heavy atom. The lowest BCUT2D eigenvalue weighted by atomic mass is 10.1. The number of nitrogens with one attached hydrogen (secondary N) is 1. The normalized spacial score (nSPS) is 10.8. The molecule has 90 valence electrons. The molecule has 3 heteroatoms. The fourth-order valence-electron chi connectivity index (χ4n) is 1.95. The number of imidazole rings is 1. The van der Waals surface area contributed by atoms with Crippen molar-refractivity contribution in [3.8, 4) is 11.4 Å². The molecule has 2 aromatic rings. The summed E-state index contributed by atoms with van der Waals surface area (Å²) in [5.74, 6) is 1.03. The molecule has 0 fully saturated rings. The van der Waals surface area contributed by atoms with E-state index in [-0.39, 0.29) is 0 Å². The number of aromatic nitrogens is 2. The first-order valence-corrected chi connectivity index (χ1v) is 6.00. The van der Waals surface area contributed by atoms with Crippen molar-refractivity contribution in [3.63, 3.8) is 0 Å². The number of aryl methyl sites for hydroxylation is 1. The van der Waals surface area contributed by atoms with Gasteiger partial charge in [0.15, 0.2) is 0 Å². The molecule has 0 atom stereocenters. The Kier molecular flexibility index (Phi) is 3.59. The largest absolute Gasteiger partial charge is 0.330 e. The van der Waals surface area contributed by atoms with Gasteiger partial charge in [0, 0.05) is 19.2 Å². The number of benzene rings is 1. The van der Waals surface area contributed by atoms with E-state index in [1.54, 1.807) is 0 Å². The van der Waals surface area contributed by atoms with Gasteiger partial charge in [0.1, 0.15) is 5.82 Å². The molecule has 0 amide bonds. The van der Waals surface area contributed by atoms with Gasteiger partial charge in [-0.2, -0.15) is 0 Å². The molecule has 0 saturated carbocycles. The van der Waals surface area contributed by atoms with Crippen LogP contribution >= 0.6 is 0 Å². The van der Waals surface area contributed by atoms with E-state index in [1.807, 2.05) is 13.2 Å². The summed E-state index contributed by atoms with van der Waals surface area (Å²) in [6.07, 6.45) is 3.01. The van der Waals surface area contributed by atoms with Crippen molar-refractivity contribution in [2.75, 3.05) is 7.05 Å². The van der Waals surface area contributed by atoms with Gasteiger partial charge in [-0.05, 0) is 19.0 Å². The standard InChI is InChI=1S/C14H19N3/c1-4-11-5-7-12(8-6-11)14-16-10-13(9-15-2)17(14)3/h5-8,10,15H,4,9H2,1-3H3. The van der Waals surface area contributed by atoms with Crippen LogP contribution in [0.4, 0.5) is 0 Å². The van der Waals surface area contributed by atoms with Crippen molar-refractivity contribution in [2.45, 2.75) is 19.9 Å². The van der Waals surface area contributed by atoms with Crippen molar-refractivity contribution >= 4 is 0 Å². The minimum atomic E-state index is 0.844. The number of hydrogen-bond acceptors (Lipinski definition) is 2. The van der Waals surface area contributed by atoms with Gasteiger partial charge in [-0.15, -0.1) is 0 Å². The van der Waals surface area contributed by atoms with Crippen LogP contribution in [0.25, 0.3) is 11.4 Å². The maximum atomic E-state index is 4.48. The van der Waals surface area contributed by atoms with Crippen LogP contribution in [0.3, 0.4) is 0 Å². The molecule has 0 aliphatic heterocycles. The summed E-state index contributed by atoms with van der Waals surface area (Å²) in [7, 11) is 4.01. The van der Waals surface area contributed by atoms with Gasteiger partial charge in [0.05, 0.1) is 11.9 Å². The molecule has 0 radical (unpaired) electrons. The number of nitrogens with zero attached hydrogens (tertiary/aromatic N) is 2. The molecule has 1 aromatic heterocycles. The second kappa shape index (κ2) is 5.15. The van der Waals surface area contributed by atoms with Crippen molar-refractivity contribution < 1.29 is 0 Å². The van der Waals surface area contributed by atoms with Crippen molar-refractivity contribution in [1.82, 2.24) is 14.9 Å². The van der Waals surface area contributed by atoms with E-state index in [4.69, 9.17) is 0 Å². The second-order valence-electron chi connectivity index (χ2n) is 4.21. The Bertz CT molecular complexity index is 483. The lowest BCUT2D eigenvalue weighted by Crippen LogP contribution is -2.09. The Morgan fingerprint density at radius 3 is 2.53 bits per heavy atom. The molecular formula is C14H19N3. The van der Waals surface area contributed by atoms with E-state index in [0.29, 0.717) is 0 Å². The quantitative estimate of drug-likeness (QED) is 0.872. The van der Waals surface area contributed by atoms with Gasteiger partial charge in [-0.3, -0.25) is 0 Å². The zero-order valence-corrected chi connectivity index (χ0v) is 10.7. The topological polar surface area (TPSA) is 29.9 Å². The molecule has 2 rings (SSSR count).